The number of aromatic nitrogens is 1. The minimum atomic E-state index is -4.34. The van der Waals surface area contributed by atoms with E-state index in [2.05, 4.69) is 4.98 Å². The van der Waals surface area contributed by atoms with E-state index in [1.165, 1.54) is 18.2 Å². The Balaban J connectivity index is 2.56. The van der Waals surface area contributed by atoms with Crippen molar-refractivity contribution in [2.24, 2.45) is 0 Å². The third kappa shape index (κ3) is 3.15. The van der Waals surface area contributed by atoms with E-state index in [1.54, 1.807) is 19.9 Å². The van der Waals surface area contributed by atoms with Crippen molar-refractivity contribution in [1.29, 1.82) is 0 Å². The Morgan fingerprint density at radius 1 is 1.09 bits per heavy atom. The average Bonchev–Trinajstić information content (AvgIpc) is 2.42. The van der Waals surface area contributed by atoms with E-state index in [-0.39, 0.29) is 16.0 Å². The highest BCUT2D eigenvalue weighted by Crippen LogP contribution is 2.41. The van der Waals surface area contributed by atoms with Gasteiger partial charge in [-0.05, 0) is 38.8 Å². The second-order valence-corrected chi connectivity index (χ2v) is 6.52. The summed E-state index contributed by atoms with van der Waals surface area (Å²) in [5, 5.41) is 0.112. The van der Waals surface area contributed by atoms with Gasteiger partial charge in [0.1, 0.15) is 5.02 Å². The summed E-state index contributed by atoms with van der Waals surface area (Å²) in [5.74, 6) is 0. The van der Waals surface area contributed by atoms with Gasteiger partial charge in [0.05, 0.1) is 5.41 Å². The fourth-order valence-electron chi connectivity index (χ4n) is 2.34. The van der Waals surface area contributed by atoms with Gasteiger partial charge in [-0.15, -0.1) is 0 Å². The number of pyridine rings is 1. The molecule has 0 aliphatic carbocycles. The number of halogens is 4. The number of rotatable bonds is 2. The predicted molar refractivity (Wildman–Crippen MR) is 86.1 cm³/mol. The summed E-state index contributed by atoms with van der Waals surface area (Å²) >= 11 is 5.84. The predicted octanol–water partition coefficient (Wildman–Crippen LogP) is 5.15. The Hall–Kier alpha value is -1.75. The van der Waals surface area contributed by atoms with Crippen molar-refractivity contribution >= 4 is 11.6 Å². The van der Waals surface area contributed by atoms with Crippen molar-refractivity contribution in [1.82, 2.24) is 4.98 Å². The van der Waals surface area contributed by atoms with E-state index in [0.29, 0.717) is 22.5 Å². The Morgan fingerprint density at radius 3 is 2.17 bits per heavy atom. The van der Waals surface area contributed by atoms with E-state index < -0.39 is 11.6 Å². The zero-order valence-corrected chi connectivity index (χ0v) is 14.0. The number of benzene rings is 1. The molecule has 0 amide bonds. The van der Waals surface area contributed by atoms with Crippen LogP contribution in [0.15, 0.2) is 29.1 Å². The van der Waals surface area contributed by atoms with Crippen LogP contribution in [0, 0.1) is 13.8 Å². The van der Waals surface area contributed by atoms with Gasteiger partial charge in [-0.25, -0.2) is 0 Å². The van der Waals surface area contributed by atoms with Gasteiger partial charge in [-0.2, -0.15) is 13.2 Å². The van der Waals surface area contributed by atoms with Gasteiger partial charge < -0.3 is 4.98 Å². The molecule has 0 unspecified atom stereocenters. The fraction of sp³-hybridized carbons (Fsp3) is 0.353. The molecule has 1 heterocycles. The SMILES string of the molecule is Cc1cc(C(C)(C)C(F)(F)F)ccc1-c1cc(=O)c(Cl)c(C)[nH]1. The topological polar surface area (TPSA) is 32.9 Å². The molecule has 2 rings (SSSR count). The maximum Gasteiger partial charge on any atom is 0.397 e. The molecule has 1 aromatic heterocycles. The number of aromatic amines is 1. The lowest BCUT2D eigenvalue weighted by molar-refractivity contribution is -0.180. The molecule has 0 aliphatic heterocycles. The number of alkyl halides is 3. The molecule has 0 saturated heterocycles. The third-order valence-electron chi connectivity index (χ3n) is 4.09. The molecule has 0 bridgehead atoms. The van der Waals surface area contributed by atoms with Crippen LogP contribution in [0.2, 0.25) is 5.02 Å². The molecule has 0 spiro atoms. The van der Waals surface area contributed by atoms with E-state index in [1.807, 2.05) is 0 Å². The van der Waals surface area contributed by atoms with Crippen LogP contribution in [-0.2, 0) is 5.41 Å². The summed E-state index contributed by atoms with van der Waals surface area (Å²) < 4.78 is 39.5. The second-order valence-electron chi connectivity index (χ2n) is 6.14. The van der Waals surface area contributed by atoms with E-state index in [4.69, 9.17) is 11.6 Å². The molecule has 124 valence electrons. The number of hydrogen-bond acceptors (Lipinski definition) is 1. The smallest absolute Gasteiger partial charge is 0.357 e. The third-order valence-corrected chi connectivity index (χ3v) is 4.56. The fourth-order valence-corrected chi connectivity index (χ4v) is 2.44. The highest BCUT2D eigenvalue weighted by Gasteiger charge is 2.48. The number of H-pyrrole nitrogens is 1. The molecule has 0 fully saturated rings. The van der Waals surface area contributed by atoms with Gasteiger partial charge in [-0.3, -0.25) is 4.79 Å². The standard InChI is InChI=1S/C17H17ClF3NO/c1-9-7-11(16(3,4)17(19,20)21)5-6-12(9)13-8-14(23)15(18)10(2)22-13/h5-8H,1-4H3,(H,22,23). The zero-order chi connectivity index (χ0) is 17.6. The molecule has 0 aliphatic rings. The maximum atomic E-state index is 13.2. The van der Waals surface area contributed by atoms with Gasteiger partial charge in [0.15, 0.2) is 0 Å². The molecule has 23 heavy (non-hydrogen) atoms. The second kappa shape index (κ2) is 5.71. The Labute approximate surface area is 137 Å². The van der Waals surface area contributed by atoms with E-state index in [9.17, 15) is 18.0 Å². The largest absolute Gasteiger partial charge is 0.397 e. The van der Waals surface area contributed by atoms with Crippen molar-refractivity contribution in [3.05, 3.63) is 56.3 Å². The zero-order valence-electron chi connectivity index (χ0n) is 13.2. The van der Waals surface area contributed by atoms with Gasteiger partial charge in [-0.1, -0.05) is 29.8 Å². The van der Waals surface area contributed by atoms with E-state index in [0.717, 1.165) is 13.8 Å². The summed E-state index contributed by atoms with van der Waals surface area (Å²) in [6.07, 6.45) is -4.34. The maximum absolute atomic E-state index is 13.2. The highest BCUT2D eigenvalue weighted by atomic mass is 35.5. The lowest BCUT2D eigenvalue weighted by atomic mass is 9.82. The molecule has 0 saturated carbocycles. The molecular formula is C17H17ClF3NO. The molecule has 1 aromatic carbocycles. The minimum absolute atomic E-state index is 0.112. The summed E-state index contributed by atoms with van der Waals surface area (Å²) in [5.41, 5.74) is 0.288. The molecule has 0 radical (unpaired) electrons. The molecule has 2 aromatic rings. The summed E-state index contributed by atoms with van der Waals surface area (Å²) in [6, 6.07) is 5.90. The van der Waals surface area contributed by atoms with Gasteiger partial charge >= 0.3 is 6.18 Å². The first kappa shape index (κ1) is 17.6. The highest BCUT2D eigenvalue weighted by molar-refractivity contribution is 6.31. The first-order valence-electron chi connectivity index (χ1n) is 7.03. The van der Waals surface area contributed by atoms with Crippen LogP contribution in [0.25, 0.3) is 11.3 Å². The van der Waals surface area contributed by atoms with Crippen LogP contribution >= 0.6 is 11.6 Å². The van der Waals surface area contributed by atoms with Crippen molar-refractivity contribution in [3.63, 3.8) is 0 Å². The van der Waals surface area contributed by atoms with Crippen LogP contribution in [-0.4, -0.2) is 11.2 Å². The van der Waals surface area contributed by atoms with Crippen LogP contribution in [0.4, 0.5) is 13.2 Å². The summed E-state index contributed by atoms with van der Waals surface area (Å²) in [6.45, 7) is 5.68. The van der Waals surface area contributed by atoms with Crippen LogP contribution in [0.1, 0.15) is 30.7 Å². The lowest BCUT2D eigenvalue weighted by Crippen LogP contribution is -2.36. The van der Waals surface area contributed by atoms with Crippen molar-refractivity contribution in [2.75, 3.05) is 0 Å². The molecule has 2 nitrogen and oxygen atoms in total. The van der Waals surface area contributed by atoms with E-state index >= 15 is 0 Å². The van der Waals surface area contributed by atoms with Gasteiger partial charge in [0.2, 0.25) is 5.43 Å². The number of hydrogen-bond donors (Lipinski definition) is 1. The normalized spacial score (nSPS) is 12.5. The Kier molecular flexibility index (Phi) is 4.37. The molecule has 1 N–H and O–H groups in total. The first-order valence-corrected chi connectivity index (χ1v) is 7.40. The van der Waals surface area contributed by atoms with Crippen molar-refractivity contribution in [2.45, 2.75) is 39.3 Å². The lowest BCUT2D eigenvalue weighted by Gasteiger charge is -2.29. The van der Waals surface area contributed by atoms with Crippen molar-refractivity contribution < 1.29 is 13.2 Å². The van der Waals surface area contributed by atoms with Crippen molar-refractivity contribution in [3.8, 4) is 11.3 Å². The van der Waals surface area contributed by atoms with Gasteiger partial charge in [0, 0.05) is 23.0 Å². The Morgan fingerprint density at radius 2 is 1.70 bits per heavy atom. The summed E-state index contributed by atoms with van der Waals surface area (Å²) in [7, 11) is 0. The van der Waals surface area contributed by atoms with Crippen LogP contribution in [0.3, 0.4) is 0 Å². The van der Waals surface area contributed by atoms with Crippen LogP contribution in [0.5, 0.6) is 0 Å². The first-order chi connectivity index (χ1) is 10.4. The molecule has 6 heteroatoms. The number of nitrogens with one attached hydrogen (secondary N) is 1. The minimum Gasteiger partial charge on any atom is -0.357 e. The summed E-state index contributed by atoms with van der Waals surface area (Å²) in [4.78, 5) is 14.8. The Bertz CT molecular complexity index is 806. The van der Waals surface area contributed by atoms with Gasteiger partial charge in [0.25, 0.3) is 0 Å². The number of aryl methyl sites for hydroxylation is 2. The molecular weight excluding hydrogens is 327 g/mol. The van der Waals surface area contributed by atoms with Crippen LogP contribution < -0.4 is 5.43 Å². The average molecular weight is 344 g/mol. The quantitative estimate of drug-likeness (QED) is 0.803. The monoisotopic (exact) mass is 343 g/mol. The molecule has 0 atom stereocenters.